The Morgan fingerprint density at radius 3 is 2.58 bits per heavy atom. The fourth-order valence-electron chi connectivity index (χ4n) is 2.63. The molecule has 0 spiro atoms. The molecule has 0 fully saturated rings. The van der Waals surface area contributed by atoms with Crippen molar-refractivity contribution in [3.8, 4) is 5.75 Å². The maximum Gasteiger partial charge on any atom is 0.338 e. The summed E-state index contributed by atoms with van der Waals surface area (Å²) in [5, 5.41) is 6.69. The van der Waals surface area contributed by atoms with Gasteiger partial charge in [0.05, 0.1) is 24.8 Å². The van der Waals surface area contributed by atoms with Crippen LogP contribution in [0.15, 0.2) is 35.5 Å². The molecule has 26 heavy (non-hydrogen) atoms. The SMILES string of the molecule is CCCCOc1ccc([C@@H]2NC(=S)NC(C)=C2C(=O)OCC(C)C)cc1. The first kappa shape index (κ1) is 20.2. The molecule has 0 aliphatic carbocycles. The van der Waals surface area contributed by atoms with Crippen LogP contribution in [0.1, 0.15) is 52.1 Å². The third kappa shape index (κ3) is 5.46. The molecule has 1 atom stereocenters. The Hall–Kier alpha value is -2.08. The van der Waals surface area contributed by atoms with Gasteiger partial charge in [-0.05, 0) is 49.2 Å². The Morgan fingerprint density at radius 2 is 1.96 bits per heavy atom. The van der Waals surface area contributed by atoms with Crippen LogP contribution in [-0.4, -0.2) is 24.3 Å². The zero-order valence-electron chi connectivity index (χ0n) is 15.9. The predicted molar refractivity (Wildman–Crippen MR) is 107 cm³/mol. The van der Waals surface area contributed by atoms with Gasteiger partial charge in [-0.25, -0.2) is 4.79 Å². The van der Waals surface area contributed by atoms with Crippen molar-refractivity contribution in [1.29, 1.82) is 0 Å². The summed E-state index contributed by atoms with van der Waals surface area (Å²) < 4.78 is 11.2. The summed E-state index contributed by atoms with van der Waals surface area (Å²) in [5.74, 6) is 0.777. The zero-order chi connectivity index (χ0) is 19.1. The molecule has 0 radical (unpaired) electrons. The lowest BCUT2D eigenvalue weighted by molar-refractivity contribution is -0.140. The van der Waals surface area contributed by atoms with Gasteiger partial charge < -0.3 is 20.1 Å². The van der Waals surface area contributed by atoms with Crippen molar-refractivity contribution < 1.29 is 14.3 Å². The summed E-state index contributed by atoms with van der Waals surface area (Å²) in [6.45, 7) is 9.08. The van der Waals surface area contributed by atoms with E-state index in [-0.39, 0.29) is 17.9 Å². The van der Waals surface area contributed by atoms with Gasteiger partial charge in [0.2, 0.25) is 0 Å². The number of esters is 1. The minimum Gasteiger partial charge on any atom is -0.494 e. The van der Waals surface area contributed by atoms with Gasteiger partial charge in [-0.15, -0.1) is 0 Å². The number of nitrogens with one attached hydrogen (secondary N) is 2. The van der Waals surface area contributed by atoms with E-state index in [2.05, 4.69) is 17.6 Å². The average molecular weight is 377 g/mol. The van der Waals surface area contributed by atoms with Gasteiger partial charge in [0.25, 0.3) is 0 Å². The van der Waals surface area contributed by atoms with Crippen LogP contribution in [0.2, 0.25) is 0 Å². The highest BCUT2D eigenvalue weighted by Gasteiger charge is 2.31. The number of benzene rings is 1. The van der Waals surface area contributed by atoms with E-state index < -0.39 is 0 Å². The summed E-state index contributed by atoms with van der Waals surface area (Å²) in [6, 6.07) is 7.41. The first-order chi connectivity index (χ1) is 12.4. The molecule has 2 rings (SSSR count). The lowest BCUT2D eigenvalue weighted by atomic mass is 9.95. The van der Waals surface area contributed by atoms with Gasteiger partial charge in [0.1, 0.15) is 5.75 Å². The van der Waals surface area contributed by atoms with Crippen LogP contribution in [0.4, 0.5) is 0 Å². The average Bonchev–Trinajstić information content (AvgIpc) is 2.60. The fraction of sp³-hybridized carbons (Fsp3) is 0.500. The Bertz CT molecular complexity index is 668. The van der Waals surface area contributed by atoms with Crippen molar-refractivity contribution in [1.82, 2.24) is 10.6 Å². The number of hydrogen-bond donors (Lipinski definition) is 2. The minimum atomic E-state index is -0.340. The number of rotatable bonds is 8. The van der Waals surface area contributed by atoms with E-state index in [9.17, 15) is 4.79 Å². The second-order valence-electron chi connectivity index (χ2n) is 6.83. The summed E-state index contributed by atoms with van der Waals surface area (Å²) in [7, 11) is 0. The minimum absolute atomic E-state index is 0.281. The number of unbranched alkanes of at least 4 members (excludes halogenated alkanes) is 1. The van der Waals surface area contributed by atoms with Gasteiger partial charge in [-0.3, -0.25) is 0 Å². The molecule has 6 heteroatoms. The maximum absolute atomic E-state index is 12.6. The number of allylic oxidation sites excluding steroid dienone is 1. The Labute approximate surface area is 161 Å². The Balaban J connectivity index is 2.19. The molecule has 0 bridgehead atoms. The fourth-order valence-corrected chi connectivity index (χ4v) is 2.90. The lowest BCUT2D eigenvalue weighted by Gasteiger charge is -2.30. The first-order valence-corrected chi connectivity index (χ1v) is 9.51. The molecule has 1 aromatic carbocycles. The second-order valence-corrected chi connectivity index (χ2v) is 7.24. The molecule has 5 nitrogen and oxygen atoms in total. The van der Waals surface area contributed by atoms with Crippen molar-refractivity contribution in [2.45, 2.75) is 46.6 Å². The Kier molecular flexibility index (Phi) is 7.45. The molecule has 0 saturated carbocycles. The largest absolute Gasteiger partial charge is 0.494 e. The summed E-state index contributed by atoms with van der Waals surface area (Å²) in [5.41, 5.74) is 2.21. The smallest absolute Gasteiger partial charge is 0.338 e. The molecule has 142 valence electrons. The van der Waals surface area contributed by atoms with E-state index in [1.165, 1.54) is 0 Å². The van der Waals surface area contributed by atoms with Gasteiger partial charge in [0, 0.05) is 5.70 Å². The lowest BCUT2D eigenvalue weighted by Crippen LogP contribution is -2.45. The third-order valence-electron chi connectivity index (χ3n) is 4.02. The standard InChI is InChI=1S/C20H28N2O3S/c1-5-6-11-24-16-9-7-15(8-10-16)18-17(14(4)21-20(26)22-18)19(23)25-12-13(2)3/h7-10,13,18H,5-6,11-12H2,1-4H3,(H2,21,22,26)/t18-/m0/s1. The van der Waals surface area contributed by atoms with E-state index in [1.807, 2.05) is 45.0 Å². The van der Waals surface area contributed by atoms with Gasteiger partial charge in [-0.2, -0.15) is 0 Å². The van der Waals surface area contributed by atoms with Crippen LogP contribution in [0, 0.1) is 5.92 Å². The van der Waals surface area contributed by atoms with Crippen molar-refractivity contribution >= 4 is 23.3 Å². The predicted octanol–water partition coefficient (Wildman–Crippen LogP) is 3.86. The maximum atomic E-state index is 12.6. The number of carbonyl (C=O) groups excluding carboxylic acids is 1. The molecule has 0 aromatic heterocycles. The zero-order valence-corrected chi connectivity index (χ0v) is 16.7. The number of carbonyl (C=O) groups is 1. The summed E-state index contributed by atoms with van der Waals surface area (Å²) in [4.78, 5) is 12.6. The summed E-state index contributed by atoms with van der Waals surface area (Å²) in [6.07, 6.45) is 2.13. The molecule has 1 aromatic rings. The first-order valence-electron chi connectivity index (χ1n) is 9.10. The highest BCUT2D eigenvalue weighted by atomic mass is 32.1. The molecular formula is C20H28N2O3S. The topological polar surface area (TPSA) is 59.6 Å². The van der Waals surface area contributed by atoms with Crippen molar-refractivity contribution in [3.05, 3.63) is 41.1 Å². The van der Waals surface area contributed by atoms with E-state index >= 15 is 0 Å². The highest BCUT2D eigenvalue weighted by Crippen LogP contribution is 2.29. The van der Waals surface area contributed by atoms with Crippen LogP contribution in [0.5, 0.6) is 5.75 Å². The quantitative estimate of drug-likeness (QED) is 0.408. The molecule has 1 aliphatic rings. The van der Waals surface area contributed by atoms with Gasteiger partial charge in [-0.1, -0.05) is 39.3 Å². The van der Waals surface area contributed by atoms with E-state index in [4.69, 9.17) is 21.7 Å². The van der Waals surface area contributed by atoms with Crippen LogP contribution in [0.25, 0.3) is 0 Å². The molecule has 2 N–H and O–H groups in total. The van der Waals surface area contributed by atoms with Crippen LogP contribution < -0.4 is 15.4 Å². The molecule has 0 amide bonds. The Morgan fingerprint density at radius 1 is 1.27 bits per heavy atom. The van der Waals surface area contributed by atoms with E-state index in [0.29, 0.717) is 23.9 Å². The molecular weight excluding hydrogens is 348 g/mol. The van der Waals surface area contributed by atoms with Gasteiger partial charge in [0.15, 0.2) is 5.11 Å². The molecule has 0 saturated heterocycles. The van der Waals surface area contributed by atoms with Crippen LogP contribution in [-0.2, 0) is 9.53 Å². The molecule has 1 heterocycles. The van der Waals surface area contributed by atoms with Gasteiger partial charge >= 0.3 is 5.97 Å². The van der Waals surface area contributed by atoms with E-state index in [0.717, 1.165) is 29.9 Å². The highest BCUT2D eigenvalue weighted by molar-refractivity contribution is 7.80. The number of ether oxygens (including phenoxy) is 2. The van der Waals surface area contributed by atoms with Crippen LogP contribution >= 0.6 is 12.2 Å². The third-order valence-corrected chi connectivity index (χ3v) is 4.24. The normalized spacial score (nSPS) is 17.0. The van der Waals surface area contributed by atoms with Crippen LogP contribution in [0.3, 0.4) is 0 Å². The van der Waals surface area contributed by atoms with Crippen molar-refractivity contribution in [2.75, 3.05) is 13.2 Å². The number of hydrogen-bond acceptors (Lipinski definition) is 4. The van der Waals surface area contributed by atoms with E-state index in [1.54, 1.807) is 0 Å². The summed E-state index contributed by atoms with van der Waals surface area (Å²) >= 11 is 5.27. The van der Waals surface area contributed by atoms with Crippen molar-refractivity contribution in [3.63, 3.8) is 0 Å². The molecule has 1 aliphatic heterocycles. The monoisotopic (exact) mass is 376 g/mol. The van der Waals surface area contributed by atoms with Crippen molar-refractivity contribution in [2.24, 2.45) is 5.92 Å². The second kappa shape index (κ2) is 9.57. The number of thiocarbonyl (C=S) groups is 1. The molecule has 0 unspecified atom stereocenters.